The molecule has 19 heavy (non-hydrogen) atoms. The predicted octanol–water partition coefficient (Wildman–Crippen LogP) is 5.26. The van der Waals surface area contributed by atoms with Crippen LogP contribution in [0.4, 0.5) is 0 Å². The lowest BCUT2D eigenvalue weighted by molar-refractivity contribution is 0.00578. The molecule has 1 saturated heterocycles. The highest BCUT2D eigenvalue weighted by atomic mass is 16.7. The summed E-state index contributed by atoms with van der Waals surface area (Å²) in [5.41, 5.74) is -0.415. The molecule has 0 aromatic rings. The Kier molecular flexibility index (Phi) is 10.3. The van der Waals surface area contributed by atoms with Crippen LogP contribution < -0.4 is 0 Å². The van der Waals surface area contributed by atoms with Gasteiger partial charge >= 0.3 is 7.12 Å². The van der Waals surface area contributed by atoms with E-state index < -0.39 is 0 Å². The van der Waals surface area contributed by atoms with Crippen LogP contribution in [0, 0.1) is 0 Å². The lowest BCUT2D eigenvalue weighted by Gasteiger charge is -2.32. The third-order valence-electron chi connectivity index (χ3n) is 3.30. The summed E-state index contributed by atoms with van der Waals surface area (Å²) < 4.78 is 11.4. The van der Waals surface area contributed by atoms with Gasteiger partial charge in [-0.25, -0.2) is 0 Å². The summed E-state index contributed by atoms with van der Waals surface area (Å²) >= 11 is 0. The molecule has 0 aliphatic carbocycles. The Labute approximate surface area is 121 Å². The van der Waals surface area contributed by atoms with Crippen molar-refractivity contribution in [3.05, 3.63) is 24.8 Å². The Balaban J connectivity index is 0. The van der Waals surface area contributed by atoms with E-state index in [9.17, 15) is 0 Å². The molecular formula is C16H33BO2. The maximum atomic E-state index is 5.71. The van der Waals surface area contributed by atoms with Crippen LogP contribution in [-0.4, -0.2) is 18.3 Å². The van der Waals surface area contributed by atoms with E-state index in [1.807, 2.05) is 6.08 Å². The van der Waals surface area contributed by atoms with Crippen LogP contribution in [0.2, 0.25) is 6.32 Å². The molecule has 0 unspecified atom stereocenters. The lowest BCUT2D eigenvalue weighted by Crippen LogP contribution is -2.41. The van der Waals surface area contributed by atoms with Crippen LogP contribution in [0.5, 0.6) is 0 Å². The fourth-order valence-electron chi connectivity index (χ4n) is 1.53. The van der Waals surface area contributed by atoms with E-state index in [-0.39, 0.29) is 25.7 Å². The molecule has 0 spiro atoms. The van der Waals surface area contributed by atoms with Gasteiger partial charge in [0.1, 0.15) is 0 Å². The molecule has 0 atom stereocenters. The van der Waals surface area contributed by atoms with E-state index in [2.05, 4.69) is 60.3 Å². The highest BCUT2D eigenvalue weighted by Crippen LogP contribution is 2.37. The topological polar surface area (TPSA) is 18.5 Å². The van der Waals surface area contributed by atoms with Crippen LogP contribution in [0.1, 0.15) is 61.8 Å². The Morgan fingerprint density at radius 2 is 1.32 bits per heavy atom. The Bertz CT molecular complexity index is 248. The van der Waals surface area contributed by atoms with Crippen molar-refractivity contribution in [1.82, 2.24) is 0 Å². The van der Waals surface area contributed by atoms with E-state index in [1.54, 1.807) is 0 Å². The van der Waals surface area contributed by atoms with Crippen molar-refractivity contribution in [3.63, 3.8) is 0 Å². The first-order valence-corrected chi connectivity index (χ1v) is 6.92. The molecule has 0 N–H and O–H groups in total. The zero-order valence-electron chi connectivity index (χ0n) is 13.0. The van der Waals surface area contributed by atoms with Gasteiger partial charge in [0.15, 0.2) is 0 Å². The molecule has 1 rings (SSSR count). The first-order chi connectivity index (χ1) is 8.30. The molecular weight excluding hydrogens is 235 g/mol. The molecule has 0 aromatic heterocycles. The average Bonchev–Trinajstić information content (AvgIpc) is 2.45. The third kappa shape index (κ3) is 6.98. The van der Waals surface area contributed by atoms with Gasteiger partial charge in [0.25, 0.3) is 0 Å². The van der Waals surface area contributed by atoms with Crippen molar-refractivity contribution >= 4 is 7.12 Å². The van der Waals surface area contributed by atoms with Gasteiger partial charge in [-0.05, 0) is 40.5 Å². The molecule has 1 aliphatic rings. The summed E-state index contributed by atoms with van der Waals surface area (Å²) in [6, 6.07) is 0. The molecule has 0 aromatic carbocycles. The van der Waals surface area contributed by atoms with Gasteiger partial charge in [-0.2, -0.15) is 0 Å². The van der Waals surface area contributed by atoms with Gasteiger partial charge in [-0.1, -0.05) is 39.5 Å². The largest absolute Gasteiger partial charge is 0.461 e. The molecule has 1 heterocycles. The van der Waals surface area contributed by atoms with Crippen LogP contribution >= 0.6 is 0 Å². The van der Waals surface area contributed by atoms with Crippen LogP contribution in [0.3, 0.4) is 0 Å². The van der Waals surface area contributed by atoms with Crippen LogP contribution in [0.25, 0.3) is 0 Å². The maximum Gasteiger partial charge on any atom is 0.461 e. The quantitative estimate of drug-likeness (QED) is 0.511. The van der Waals surface area contributed by atoms with E-state index in [1.165, 1.54) is 12.8 Å². The number of hydrogen-bond acceptors (Lipinski definition) is 2. The molecule has 0 saturated carbocycles. The van der Waals surface area contributed by atoms with Crippen LogP contribution in [-0.2, 0) is 9.31 Å². The monoisotopic (exact) mass is 268 g/mol. The highest BCUT2D eigenvalue weighted by molar-refractivity contribution is 6.46. The average molecular weight is 268 g/mol. The van der Waals surface area contributed by atoms with E-state index in [0.29, 0.717) is 0 Å². The zero-order valence-corrected chi connectivity index (χ0v) is 13.0. The predicted molar refractivity (Wildman–Crippen MR) is 87.5 cm³/mol. The second-order valence-corrected chi connectivity index (χ2v) is 5.50. The minimum Gasteiger partial charge on any atom is -0.403 e. The highest BCUT2D eigenvalue weighted by Gasteiger charge is 2.50. The van der Waals surface area contributed by atoms with E-state index in [0.717, 1.165) is 6.32 Å². The van der Waals surface area contributed by atoms with Crippen molar-refractivity contribution in [2.45, 2.75) is 79.3 Å². The molecule has 3 heteroatoms. The van der Waals surface area contributed by atoms with Gasteiger partial charge in [-0.15, -0.1) is 6.58 Å². The SMILES string of the molecule is C.C=CCB1OC(C)(C)C(C)(C)O1.CCC=CCC. The normalized spacial score (nSPS) is 19.6. The second-order valence-electron chi connectivity index (χ2n) is 5.50. The fourth-order valence-corrected chi connectivity index (χ4v) is 1.53. The van der Waals surface area contributed by atoms with Crippen molar-refractivity contribution in [2.24, 2.45) is 0 Å². The number of rotatable bonds is 4. The van der Waals surface area contributed by atoms with Gasteiger partial charge in [0, 0.05) is 6.32 Å². The summed E-state index contributed by atoms with van der Waals surface area (Å²) in [5.74, 6) is 0. The fraction of sp³-hybridized carbons (Fsp3) is 0.750. The molecule has 1 aliphatic heterocycles. The van der Waals surface area contributed by atoms with Gasteiger partial charge in [0.2, 0.25) is 0 Å². The smallest absolute Gasteiger partial charge is 0.403 e. The summed E-state index contributed by atoms with van der Waals surface area (Å²) in [6.45, 7) is 16.2. The summed E-state index contributed by atoms with van der Waals surface area (Å²) in [4.78, 5) is 0. The first kappa shape index (κ1) is 20.8. The molecule has 0 amide bonds. The second kappa shape index (κ2) is 9.38. The summed E-state index contributed by atoms with van der Waals surface area (Å²) in [5, 5.41) is 0. The maximum absolute atomic E-state index is 5.71. The van der Waals surface area contributed by atoms with Gasteiger partial charge in [-0.3, -0.25) is 0 Å². The minimum absolute atomic E-state index is 0. The van der Waals surface area contributed by atoms with Crippen molar-refractivity contribution < 1.29 is 9.31 Å². The van der Waals surface area contributed by atoms with Crippen LogP contribution in [0.15, 0.2) is 24.8 Å². The molecule has 1 fully saturated rings. The Hall–Kier alpha value is -0.535. The van der Waals surface area contributed by atoms with E-state index in [4.69, 9.17) is 9.31 Å². The van der Waals surface area contributed by atoms with E-state index >= 15 is 0 Å². The number of hydrogen-bond donors (Lipinski definition) is 0. The molecule has 2 nitrogen and oxygen atoms in total. The van der Waals surface area contributed by atoms with Crippen molar-refractivity contribution in [1.29, 1.82) is 0 Å². The van der Waals surface area contributed by atoms with Gasteiger partial charge < -0.3 is 9.31 Å². The third-order valence-corrected chi connectivity index (χ3v) is 3.30. The molecule has 0 radical (unpaired) electrons. The summed E-state index contributed by atoms with van der Waals surface area (Å²) in [7, 11) is -0.118. The Morgan fingerprint density at radius 3 is 1.58 bits per heavy atom. The Morgan fingerprint density at radius 1 is 0.947 bits per heavy atom. The van der Waals surface area contributed by atoms with Crippen molar-refractivity contribution in [2.75, 3.05) is 0 Å². The number of allylic oxidation sites excluding steroid dienone is 3. The zero-order chi connectivity index (χ0) is 14.2. The first-order valence-electron chi connectivity index (χ1n) is 6.92. The standard InChI is InChI=1S/C9H17BO2.C6H12.CH4/c1-6-7-10-11-8(2,3)9(4,5)12-10;1-3-5-6-4-2;/h6H,1,7H2,2-5H3;5-6H,3-4H2,1-2H3;1H4. The molecule has 0 bridgehead atoms. The van der Waals surface area contributed by atoms with Crippen molar-refractivity contribution in [3.8, 4) is 0 Å². The van der Waals surface area contributed by atoms with Gasteiger partial charge in [0.05, 0.1) is 11.2 Å². The lowest BCUT2D eigenvalue weighted by atomic mass is 9.85. The summed E-state index contributed by atoms with van der Waals surface area (Å²) in [6.07, 6.45) is 9.29. The molecule has 112 valence electrons. The minimum atomic E-state index is -0.208.